The van der Waals surface area contributed by atoms with E-state index in [1.807, 2.05) is 53.1 Å². The van der Waals surface area contributed by atoms with Crippen molar-refractivity contribution in [2.45, 2.75) is 11.4 Å². The van der Waals surface area contributed by atoms with Crippen LogP contribution in [-0.4, -0.2) is 37.1 Å². The fourth-order valence-corrected chi connectivity index (χ4v) is 7.58. The fourth-order valence-electron chi connectivity index (χ4n) is 6.02. The second-order valence-corrected chi connectivity index (χ2v) is 12.2. The standard InChI is InChI=1S/C35H26N2O6S/c1-42-23-18-16-22(17-19-23)21-36-28-14-8-6-12-25(28)31-30(36)20-27(35(39)43-2)33-32(34(31)38)26-13-7-9-15-29(26)37(33)44(40,41)24-10-4-3-5-11-24/h3-20H,21H2,1-2H3. The Labute approximate surface area is 252 Å². The first kappa shape index (κ1) is 27.4. The molecule has 0 aliphatic rings. The Morgan fingerprint density at radius 1 is 0.727 bits per heavy atom. The van der Waals surface area contributed by atoms with Crippen LogP contribution in [0.4, 0.5) is 0 Å². The number of methoxy groups -OCH3 is 2. The largest absolute Gasteiger partial charge is 0.497 e. The molecule has 7 aromatic rings. The van der Waals surface area contributed by atoms with Gasteiger partial charge in [-0.2, -0.15) is 0 Å². The topological polar surface area (TPSA) is 96.6 Å². The van der Waals surface area contributed by atoms with Crippen LogP contribution < -0.4 is 10.2 Å². The van der Waals surface area contributed by atoms with Crippen LogP contribution >= 0.6 is 0 Å². The molecule has 2 heterocycles. The molecule has 0 saturated carbocycles. The van der Waals surface area contributed by atoms with Crippen molar-refractivity contribution in [3.63, 3.8) is 0 Å². The van der Waals surface area contributed by atoms with Crippen molar-refractivity contribution in [1.82, 2.24) is 8.54 Å². The number of hydrogen-bond acceptors (Lipinski definition) is 6. The summed E-state index contributed by atoms with van der Waals surface area (Å²) in [4.78, 5) is 28.5. The number of hydrogen-bond donors (Lipinski definition) is 0. The van der Waals surface area contributed by atoms with Crippen LogP contribution in [0.15, 0.2) is 119 Å². The molecule has 0 radical (unpaired) electrons. The van der Waals surface area contributed by atoms with Crippen molar-refractivity contribution in [1.29, 1.82) is 0 Å². The highest BCUT2D eigenvalue weighted by Gasteiger charge is 2.29. The van der Waals surface area contributed by atoms with E-state index in [9.17, 15) is 18.0 Å². The van der Waals surface area contributed by atoms with Gasteiger partial charge in [0.15, 0.2) is 5.43 Å². The second-order valence-electron chi connectivity index (χ2n) is 10.4. The molecule has 0 saturated heterocycles. The lowest BCUT2D eigenvalue weighted by Crippen LogP contribution is -2.15. The number of fused-ring (bicyclic) bond motifs is 6. The van der Waals surface area contributed by atoms with Gasteiger partial charge in [0.25, 0.3) is 10.0 Å². The Morgan fingerprint density at radius 3 is 2.00 bits per heavy atom. The van der Waals surface area contributed by atoms with Gasteiger partial charge in [-0.3, -0.25) is 4.79 Å². The zero-order chi connectivity index (χ0) is 30.6. The molecule has 0 fully saturated rings. The van der Waals surface area contributed by atoms with Crippen LogP contribution in [0, 0.1) is 0 Å². The summed E-state index contributed by atoms with van der Waals surface area (Å²) in [5, 5.41) is 1.62. The van der Waals surface area contributed by atoms with Gasteiger partial charge in [0, 0.05) is 22.8 Å². The number of carbonyl (C=O) groups excluding carboxylic acids is 1. The number of ether oxygens (including phenoxy) is 2. The first-order chi connectivity index (χ1) is 21.3. The lowest BCUT2D eigenvalue weighted by atomic mass is 10.1. The van der Waals surface area contributed by atoms with Crippen LogP contribution in [-0.2, 0) is 21.3 Å². The van der Waals surface area contributed by atoms with E-state index in [1.54, 1.807) is 55.6 Å². The van der Waals surface area contributed by atoms with Gasteiger partial charge in [-0.1, -0.05) is 66.7 Å². The summed E-state index contributed by atoms with van der Waals surface area (Å²) in [6.45, 7) is 0.380. The third kappa shape index (κ3) is 4.08. The molecular weight excluding hydrogens is 576 g/mol. The molecule has 0 N–H and O–H groups in total. The lowest BCUT2D eigenvalue weighted by molar-refractivity contribution is 0.0603. The highest BCUT2D eigenvalue weighted by molar-refractivity contribution is 7.90. The van der Waals surface area contributed by atoms with E-state index >= 15 is 0 Å². The summed E-state index contributed by atoms with van der Waals surface area (Å²) >= 11 is 0. The smallest absolute Gasteiger partial charge is 0.340 e. The van der Waals surface area contributed by atoms with Crippen LogP contribution in [0.5, 0.6) is 5.75 Å². The summed E-state index contributed by atoms with van der Waals surface area (Å²) < 4.78 is 42.2. The summed E-state index contributed by atoms with van der Waals surface area (Å²) in [5.41, 5.74) is 2.07. The first-order valence-electron chi connectivity index (χ1n) is 13.9. The van der Waals surface area contributed by atoms with E-state index in [0.29, 0.717) is 34.0 Å². The predicted molar refractivity (Wildman–Crippen MR) is 171 cm³/mol. The maximum absolute atomic E-state index is 14.8. The van der Waals surface area contributed by atoms with E-state index in [-0.39, 0.29) is 32.3 Å². The van der Waals surface area contributed by atoms with E-state index in [0.717, 1.165) is 15.1 Å². The minimum absolute atomic E-state index is 0.0245. The molecule has 9 heteroatoms. The van der Waals surface area contributed by atoms with Gasteiger partial charge < -0.3 is 14.0 Å². The number of rotatable bonds is 6. The number of para-hydroxylation sites is 2. The normalized spacial score (nSPS) is 11.9. The fraction of sp³-hybridized carbons (Fsp3) is 0.0857. The molecule has 0 amide bonds. The van der Waals surface area contributed by atoms with Crippen LogP contribution in [0.3, 0.4) is 0 Å². The van der Waals surface area contributed by atoms with Crippen molar-refractivity contribution in [3.8, 4) is 5.75 Å². The lowest BCUT2D eigenvalue weighted by Gasteiger charge is -2.11. The van der Waals surface area contributed by atoms with Crippen molar-refractivity contribution in [3.05, 3.63) is 131 Å². The number of carbonyl (C=O) groups is 1. The molecule has 7 rings (SSSR count). The SMILES string of the molecule is COC(=O)c1cc2c(c(=O)c3c4ccccc4n(S(=O)(=O)c4ccccc4)c13)c1ccccc1n2Cc1ccc(OC)cc1. The third-order valence-corrected chi connectivity index (χ3v) is 9.75. The van der Waals surface area contributed by atoms with Gasteiger partial charge >= 0.3 is 5.97 Å². The summed E-state index contributed by atoms with van der Waals surface area (Å²) in [6.07, 6.45) is 0. The zero-order valence-electron chi connectivity index (χ0n) is 23.9. The number of benzene rings is 4. The summed E-state index contributed by atoms with van der Waals surface area (Å²) in [7, 11) is -1.42. The van der Waals surface area contributed by atoms with Crippen molar-refractivity contribution in [2.75, 3.05) is 14.2 Å². The zero-order valence-corrected chi connectivity index (χ0v) is 24.7. The summed E-state index contributed by atoms with van der Waals surface area (Å²) in [5.74, 6) is -0.0486. The van der Waals surface area contributed by atoms with E-state index in [2.05, 4.69) is 0 Å². The third-order valence-electron chi connectivity index (χ3n) is 8.02. The molecule has 44 heavy (non-hydrogen) atoms. The van der Waals surface area contributed by atoms with Crippen LogP contribution in [0.1, 0.15) is 15.9 Å². The highest BCUT2D eigenvalue weighted by atomic mass is 32.2. The predicted octanol–water partition coefficient (Wildman–Crippen LogP) is 6.34. The van der Waals surface area contributed by atoms with Gasteiger partial charge in [0.2, 0.25) is 0 Å². The van der Waals surface area contributed by atoms with E-state index < -0.39 is 16.0 Å². The van der Waals surface area contributed by atoms with Gasteiger partial charge in [-0.25, -0.2) is 17.2 Å². The second kappa shape index (κ2) is 10.4. The molecule has 0 bridgehead atoms. The average Bonchev–Trinajstić information content (AvgIpc) is 3.52. The van der Waals surface area contributed by atoms with Crippen molar-refractivity contribution >= 4 is 59.6 Å². The molecule has 218 valence electrons. The van der Waals surface area contributed by atoms with Gasteiger partial charge in [0.05, 0.1) is 52.0 Å². The van der Waals surface area contributed by atoms with Crippen molar-refractivity contribution in [2.24, 2.45) is 0 Å². The number of esters is 1. The Balaban J connectivity index is 1.70. The molecule has 0 atom stereocenters. The molecule has 5 aromatic carbocycles. The highest BCUT2D eigenvalue weighted by Crippen LogP contribution is 2.36. The molecule has 0 aliphatic heterocycles. The summed E-state index contributed by atoms with van der Waals surface area (Å²) in [6, 6.07) is 31.5. The number of nitrogens with zero attached hydrogens (tertiary/aromatic N) is 2. The Morgan fingerprint density at radius 2 is 1.34 bits per heavy atom. The van der Waals surface area contributed by atoms with Crippen molar-refractivity contribution < 1.29 is 22.7 Å². The molecule has 2 aromatic heterocycles. The van der Waals surface area contributed by atoms with Gasteiger partial charge in [-0.15, -0.1) is 0 Å². The minimum Gasteiger partial charge on any atom is -0.497 e. The molecule has 0 aliphatic carbocycles. The maximum atomic E-state index is 14.8. The van der Waals surface area contributed by atoms with Gasteiger partial charge in [-0.05, 0) is 48.0 Å². The Bertz CT molecular complexity index is 2430. The average molecular weight is 603 g/mol. The van der Waals surface area contributed by atoms with Crippen LogP contribution in [0.25, 0.3) is 43.6 Å². The Hall–Kier alpha value is -5.41. The van der Waals surface area contributed by atoms with Crippen LogP contribution in [0.2, 0.25) is 0 Å². The quantitative estimate of drug-likeness (QED) is 0.206. The molecular formula is C35H26N2O6S. The van der Waals surface area contributed by atoms with E-state index in [1.165, 1.54) is 19.2 Å². The molecule has 0 unspecified atom stereocenters. The van der Waals surface area contributed by atoms with E-state index in [4.69, 9.17) is 9.47 Å². The monoisotopic (exact) mass is 602 g/mol. The minimum atomic E-state index is -4.26. The molecule has 0 spiro atoms. The maximum Gasteiger partial charge on any atom is 0.340 e. The molecule has 8 nitrogen and oxygen atoms in total. The van der Waals surface area contributed by atoms with Gasteiger partial charge in [0.1, 0.15) is 5.75 Å². The Kier molecular flexibility index (Phi) is 6.48. The first-order valence-corrected chi connectivity index (χ1v) is 15.3. The number of aromatic nitrogens is 2.